The molecule has 2 fully saturated rings. The van der Waals surface area contributed by atoms with Gasteiger partial charge in [-0.1, -0.05) is 57.9 Å². The quantitative estimate of drug-likeness (QED) is 0.151. The van der Waals surface area contributed by atoms with E-state index in [2.05, 4.69) is 22.3 Å². The van der Waals surface area contributed by atoms with Crippen molar-refractivity contribution in [2.45, 2.75) is 38.0 Å². The first kappa shape index (κ1) is 29.6. The molecule has 0 atom stereocenters. The predicted molar refractivity (Wildman–Crippen MR) is 165 cm³/mol. The largest absolute Gasteiger partial charge is 0.489 e. The lowest BCUT2D eigenvalue weighted by atomic mass is 10.0. The Bertz CT molecular complexity index is 1710. The van der Waals surface area contributed by atoms with Crippen LogP contribution in [0.4, 0.5) is 0 Å². The van der Waals surface area contributed by atoms with Crippen molar-refractivity contribution in [2.24, 2.45) is 0 Å². The molecule has 1 saturated carbocycles. The first-order valence-corrected chi connectivity index (χ1v) is 14.9. The van der Waals surface area contributed by atoms with Crippen LogP contribution in [0.15, 0.2) is 59.1 Å². The highest BCUT2D eigenvalue weighted by Gasteiger charge is 2.33. The summed E-state index contributed by atoms with van der Waals surface area (Å²) in [6.07, 6.45) is 2.07. The number of aromatic nitrogens is 1. The molecule has 1 aliphatic heterocycles. The summed E-state index contributed by atoms with van der Waals surface area (Å²) in [7, 11) is 1.36. The summed E-state index contributed by atoms with van der Waals surface area (Å²) in [4.78, 5) is 12.3. The SMILES string of the molecule is COC(=O)c1cc(C#Cc2ccc(OCc3c(-c4c(Cl)cccc4Cl)noc3C3CC3)cc2Cl)cc(CNC2COC2)c1. The standard InChI is InChI=1S/C33H27Cl3N2O5/c1-40-33(39)23-12-19(11-20(13-23)15-37-24-16-41-17-24)5-6-21-9-10-25(14-29(21)36)42-18-26-31(38-43-32(26)22-7-8-22)30-27(34)3-2-4-28(30)35/h2-4,9-14,22,24,37H,7-8,15-18H2,1H3. The summed E-state index contributed by atoms with van der Waals surface area (Å²) in [5, 5.41) is 9.13. The Labute approximate surface area is 264 Å². The average molecular weight is 638 g/mol. The van der Waals surface area contributed by atoms with Gasteiger partial charge in [0, 0.05) is 35.2 Å². The van der Waals surface area contributed by atoms with Crippen LogP contribution >= 0.6 is 34.8 Å². The molecule has 7 nitrogen and oxygen atoms in total. The topological polar surface area (TPSA) is 82.8 Å². The Balaban J connectivity index is 1.20. The Morgan fingerprint density at radius 3 is 2.49 bits per heavy atom. The third kappa shape index (κ3) is 6.85. The molecule has 1 N–H and O–H groups in total. The highest BCUT2D eigenvalue weighted by Crippen LogP contribution is 2.46. The van der Waals surface area contributed by atoms with Gasteiger partial charge in [-0.3, -0.25) is 0 Å². The first-order valence-electron chi connectivity index (χ1n) is 13.8. The van der Waals surface area contributed by atoms with Crippen molar-refractivity contribution in [1.29, 1.82) is 0 Å². The summed E-state index contributed by atoms with van der Waals surface area (Å²) in [5.41, 5.74) is 4.67. The van der Waals surface area contributed by atoms with Crippen LogP contribution in [0.3, 0.4) is 0 Å². The molecule has 2 heterocycles. The van der Waals surface area contributed by atoms with Gasteiger partial charge in [-0.05, 0) is 60.9 Å². The van der Waals surface area contributed by atoms with Crippen molar-refractivity contribution < 1.29 is 23.5 Å². The van der Waals surface area contributed by atoms with E-state index in [1.54, 1.807) is 42.5 Å². The molecule has 0 amide bonds. The van der Waals surface area contributed by atoms with Crippen molar-refractivity contribution in [3.8, 4) is 28.8 Å². The number of carbonyl (C=O) groups excluding carboxylic acids is 1. The van der Waals surface area contributed by atoms with Gasteiger partial charge in [-0.2, -0.15) is 0 Å². The van der Waals surface area contributed by atoms with E-state index < -0.39 is 5.97 Å². The molecule has 1 saturated heterocycles. The van der Waals surface area contributed by atoms with Crippen molar-refractivity contribution in [3.05, 3.63) is 103 Å². The normalized spacial score (nSPS) is 14.5. The molecule has 1 aromatic heterocycles. The number of halogens is 3. The van der Waals surface area contributed by atoms with Gasteiger partial charge in [0.25, 0.3) is 0 Å². The number of carbonyl (C=O) groups is 1. The third-order valence-electron chi connectivity index (χ3n) is 7.28. The molecule has 2 aliphatic rings. The molecule has 4 aromatic rings. The highest BCUT2D eigenvalue weighted by molar-refractivity contribution is 6.39. The maximum absolute atomic E-state index is 12.3. The molecular formula is C33H27Cl3N2O5. The monoisotopic (exact) mass is 636 g/mol. The van der Waals surface area contributed by atoms with Crippen molar-refractivity contribution in [2.75, 3.05) is 20.3 Å². The average Bonchev–Trinajstić information content (AvgIpc) is 3.74. The lowest BCUT2D eigenvalue weighted by molar-refractivity contribution is -0.00579. The summed E-state index contributed by atoms with van der Waals surface area (Å²) in [6.45, 7) is 2.15. The lowest BCUT2D eigenvalue weighted by Crippen LogP contribution is -2.45. The maximum atomic E-state index is 12.3. The van der Waals surface area contributed by atoms with Crippen LogP contribution in [-0.4, -0.2) is 37.5 Å². The van der Waals surface area contributed by atoms with E-state index in [1.165, 1.54) is 7.11 Å². The maximum Gasteiger partial charge on any atom is 0.337 e. The Hall–Kier alpha value is -3.51. The molecule has 220 valence electrons. The summed E-state index contributed by atoms with van der Waals surface area (Å²) < 4.78 is 22.0. The summed E-state index contributed by atoms with van der Waals surface area (Å²) >= 11 is 19.6. The van der Waals surface area contributed by atoms with E-state index in [-0.39, 0.29) is 6.61 Å². The van der Waals surface area contributed by atoms with Gasteiger partial charge in [0.15, 0.2) is 0 Å². The molecule has 6 rings (SSSR count). The number of rotatable bonds is 9. The van der Waals surface area contributed by atoms with Crippen LogP contribution in [0, 0.1) is 11.8 Å². The number of ether oxygens (including phenoxy) is 3. The summed E-state index contributed by atoms with van der Waals surface area (Å²) in [6, 6.07) is 16.4. The fourth-order valence-electron chi connectivity index (χ4n) is 4.75. The minimum Gasteiger partial charge on any atom is -0.489 e. The van der Waals surface area contributed by atoms with Crippen LogP contribution in [0.1, 0.15) is 57.1 Å². The number of esters is 1. The van der Waals surface area contributed by atoms with Crippen LogP contribution < -0.4 is 10.1 Å². The molecule has 0 spiro atoms. The Morgan fingerprint density at radius 1 is 1.02 bits per heavy atom. The van der Waals surface area contributed by atoms with Crippen molar-refractivity contribution in [3.63, 3.8) is 0 Å². The fraction of sp³-hybridized carbons (Fsp3) is 0.273. The van der Waals surface area contributed by atoms with E-state index in [1.807, 2.05) is 12.1 Å². The number of nitrogens with one attached hydrogen (secondary N) is 1. The van der Waals surface area contributed by atoms with E-state index in [0.717, 1.165) is 29.7 Å². The number of hydrogen-bond donors (Lipinski definition) is 1. The minimum atomic E-state index is -0.422. The van der Waals surface area contributed by atoms with Gasteiger partial charge in [-0.15, -0.1) is 0 Å². The smallest absolute Gasteiger partial charge is 0.337 e. The second kappa shape index (κ2) is 13.0. The third-order valence-corrected chi connectivity index (χ3v) is 8.22. The predicted octanol–water partition coefficient (Wildman–Crippen LogP) is 7.43. The van der Waals surface area contributed by atoms with Crippen LogP contribution in [-0.2, 0) is 22.6 Å². The van der Waals surface area contributed by atoms with Gasteiger partial charge >= 0.3 is 5.97 Å². The number of benzene rings is 3. The molecule has 0 bridgehead atoms. The second-order valence-corrected chi connectivity index (χ2v) is 11.7. The Kier molecular flexibility index (Phi) is 8.94. The van der Waals surface area contributed by atoms with E-state index in [0.29, 0.717) is 80.5 Å². The summed E-state index contributed by atoms with van der Waals surface area (Å²) in [5.74, 6) is 7.50. The van der Waals surface area contributed by atoms with Crippen molar-refractivity contribution in [1.82, 2.24) is 10.5 Å². The number of hydrogen-bond acceptors (Lipinski definition) is 7. The zero-order chi connectivity index (χ0) is 29.9. The molecule has 43 heavy (non-hydrogen) atoms. The minimum absolute atomic E-state index is 0.206. The van der Waals surface area contributed by atoms with Gasteiger partial charge < -0.3 is 24.1 Å². The Morgan fingerprint density at radius 2 is 1.81 bits per heavy atom. The first-order chi connectivity index (χ1) is 20.9. The fourth-order valence-corrected chi connectivity index (χ4v) is 5.54. The van der Waals surface area contributed by atoms with E-state index >= 15 is 0 Å². The zero-order valence-corrected chi connectivity index (χ0v) is 25.5. The van der Waals surface area contributed by atoms with Crippen LogP contribution in [0.25, 0.3) is 11.3 Å². The van der Waals surface area contributed by atoms with E-state index in [9.17, 15) is 4.79 Å². The van der Waals surface area contributed by atoms with Gasteiger partial charge in [-0.25, -0.2) is 4.79 Å². The lowest BCUT2D eigenvalue weighted by Gasteiger charge is -2.27. The molecule has 0 radical (unpaired) electrons. The number of methoxy groups -OCH3 is 1. The van der Waals surface area contributed by atoms with Crippen LogP contribution in [0.2, 0.25) is 15.1 Å². The number of nitrogens with zero attached hydrogens (tertiary/aromatic N) is 1. The molecule has 3 aromatic carbocycles. The molecular weight excluding hydrogens is 611 g/mol. The van der Waals surface area contributed by atoms with Gasteiger partial charge in [0.2, 0.25) is 0 Å². The van der Waals surface area contributed by atoms with Crippen LogP contribution in [0.5, 0.6) is 5.75 Å². The highest BCUT2D eigenvalue weighted by atomic mass is 35.5. The zero-order valence-electron chi connectivity index (χ0n) is 23.2. The van der Waals surface area contributed by atoms with Crippen molar-refractivity contribution >= 4 is 40.8 Å². The molecule has 0 unspecified atom stereocenters. The van der Waals surface area contributed by atoms with E-state index in [4.69, 9.17) is 53.5 Å². The van der Waals surface area contributed by atoms with Gasteiger partial charge in [0.1, 0.15) is 23.8 Å². The van der Waals surface area contributed by atoms with Gasteiger partial charge in [0.05, 0.1) is 52.6 Å². The molecule has 10 heteroatoms. The molecule has 1 aliphatic carbocycles. The second-order valence-electron chi connectivity index (χ2n) is 10.5.